The normalized spacial score (nSPS) is 15.3. The van der Waals surface area contributed by atoms with E-state index in [4.69, 9.17) is 20.5 Å². The number of rotatable bonds is 9. The van der Waals surface area contributed by atoms with Crippen LogP contribution >= 0.6 is 0 Å². The Morgan fingerprint density at radius 2 is 1.76 bits per heavy atom. The molecule has 0 fully saturated rings. The molecule has 4 heteroatoms. The first-order valence-corrected chi connectivity index (χ1v) is 6.16. The molecule has 100 valence electrons. The monoisotopic (exact) mass is 242 g/mol. The number of nitriles is 1. The Morgan fingerprint density at radius 3 is 2.29 bits per heavy atom. The minimum absolute atomic E-state index is 0.114. The van der Waals surface area contributed by atoms with E-state index in [2.05, 4.69) is 6.07 Å². The predicted octanol–water partition coefficient (Wildman–Crippen LogP) is 2.23. The van der Waals surface area contributed by atoms with Crippen molar-refractivity contribution >= 4 is 0 Å². The first-order chi connectivity index (χ1) is 7.83. The molecule has 0 aromatic carbocycles. The summed E-state index contributed by atoms with van der Waals surface area (Å²) in [5, 5.41) is 8.73. The average Bonchev–Trinajstić information content (AvgIpc) is 2.27. The number of nitrogens with zero attached hydrogens (tertiary/aromatic N) is 1. The van der Waals surface area contributed by atoms with Crippen LogP contribution in [0.25, 0.3) is 0 Å². The standard InChI is InChI=1S/C13H26N2O2/c1-12(2,16-4)8-10-17-9-6-5-7-13(3,15)11-14/h5-10,15H2,1-4H3. The van der Waals surface area contributed by atoms with E-state index in [1.165, 1.54) is 0 Å². The van der Waals surface area contributed by atoms with E-state index >= 15 is 0 Å². The zero-order valence-corrected chi connectivity index (χ0v) is 11.6. The fourth-order valence-electron chi connectivity index (χ4n) is 1.27. The quantitative estimate of drug-likeness (QED) is 0.629. The lowest BCUT2D eigenvalue weighted by atomic mass is 9.98. The number of ether oxygens (including phenoxy) is 2. The van der Waals surface area contributed by atoms with Gasteiger partial charge in [-0.1, -0.05) is 0 Å². The zero-order chi connectivity index (χ0) is 13.4. The van der Waals surface area contributed by atoms with Crippen molar-refractivity contribution in [2.75, 3.05) is 20.3 Å². The molecule has 0 aliphatic rings. The molecule has 0 spiro atoms. The third-order valence-electron chi connectivity index (χ3n) is 2.89. The van der Waals surface area contributed by atoms with Crippen LogP contribution in [0.3, 0.4) is 0 Å². The van der Waals surface area contributed by atoms with E-state index in [0.29, 0.717) is 6.61 Å². The molecule has 0 heterocycles. The van der Waals surface area contributed by atoms with Gasteiger partial charge in [0.15, 0.2) is 0 Å². The maximum Gasteiger partial charge on any atom is 0.101 e. The lowest BCUT2D eigenvalue weighted by Gasteiger charge is -2.22. The van der Waals surface area contributed by atoms with E-state index < -0.39 is 5.54 Å². The molecule has 0 saturated heterocycles. The fraction of sp³-hybridized carbons (Fsp3) is 0.923. The van der Waals surface area contributed by atoms with E-state index in [1.807, 2.05) is 13.8 Å². The number of methoxy groups -OCH3 is 1. The predicted molar refractivity (Wildman–Crippen MR) is 68.6 cm³/mol. The highest BCUT2D eigenvalue weighted by molar-refractivity contribution is 5.00. The van der Waals surface area contributed by atoms with Crippen molar-refractivity contribution in [2.45, 2.75) is 57.6 Å². The van der Waals surface area contributed by atoms with E-state index in [9.17, 15) is 0 Å². The van der Waals surface area contributed by atoms with E-state index in [-0.39, 0.29) is 5.60 Å². The molecule has 0 aliphatic carbocycles. The minimum atomic E-state index is -0.696. The van der Waals surface area contributed by atoms with Crippen molar-refractivity contribution in [1.82, 2.24) is 0 Å². The lowest BCUT2D eigenvalue weighted by Crippen LogP contribution is -2.33. The Balaban J connectivity index is 3.40. The summed E-state index contributed by atoms with van der Waals surface area (Å²) in [6, 6.07) is 2.09. The third kappa shape index (κ3) is 9.11. The molecule has 0 bridgehead atoms. The first-order valence-electron chi connectivity index (χ1n) is 6.16. The first kappa shape index (κ1) is 16.4. The summed E-state index contributed by atoms with van der Waals surface area (Å²) in [4.78, 5) is 0. The van der Waals surface area contributed by atoms with Crippen LogP contribution in [0.4, 0.5) is 0 Å². The molecule has 1 unspecified atom stereocenters. The second-order valence-electron chi connectivity index (χ2n) is 5.31. The highest BCUT2D eigenvalue weighted by atomic mass is 16.5. The van der Waals surface area contributed by atoms with Crippen molar-refractivity contribution in [3.8, 4) is 6.07 Å². The Kier molecular flexibility index (Phi) is 7.37. The summed E-state index contributed by atoms with van der Waals surface area (Å²) in [7, 11) is 1.71. The summed E-state index contributed by atoms with van der Waals surface area (Å²) in [5.41, 5.74) is 4.90. The van der Waals surface area contributed by atoms with Crippen LogP contribution in [0, 0.1) is 11.3 Å². The van der Waals surface area contributed by atoms with E-state index in [0.717, 1.165) is 32.3 Å². The smallest absolute Gasteiger partial charge is 0.101 e. The van der Waals surface area contributed by atoms with Gasteiger partial charge in [0.05, 0.1) is 11.7 Å². The molecule has 0 radical (unpaired) electrons. The van der Waals surface area contributed by atoms with Gasteiger partial charge in [-0.2, -0.15) is 5.26 Å². The van der Waals surface area contributed by atoms with E-state index in [1.54, 1.807) is 14.0 Å². The van der Waals surface area contributed by atoms with Gasteiger partial charge in [0, 0.05) is 20.3 Å². The van der Waals surface area contributed by atoms with Crippen molar-refractivity contribution in [3.05, 3.63) is 0 Å². The Morgan fingerprint density at radius 1 is 1.12 bits per heavy atom. The van der Waals surface area contributed by atoms with Crippen LogP contribution in [0.15, 0.2) is 0 Å². The molecule has 17 heavy (non-hydrogen) atoms. The van der Waals surface area contributed by atoms with Gasteiger partial charge >= 0.3 is 0 Å². The summed E-state index contributed by atoms with van der Waals surface area (Å²) < 4.78 is 10.8. The molecule has 0 amide bonds. The molecule has 0 aromatic rings. The van der Waals surface area contributed by atoms with Crippen LogP contribution in [-0.2, 0) is 9.47 Å². The van der Waals surface area contributed by atoms with Gasteiger partial charge in [-0.05, 0) is 46.5 Å². The Hall–Kier alpha value is -0.630. The van der Waals surface area contributed by atoms with Gasteiger partial charge in [-0.3, -0.25) is 0 Å². The number of nitrogens with two attached hydrogens (primary N) is 1. The van der Waals surface area contributed by atoms with Crippen LogP contribution in [0.1, 0.15) is 46.5 Å². The molecular formula is C13H26N2O2. The van der Waals surface area contributed by atoms with Crippen molar-refractivity contribution in [1.29, 1.82) is 5.26 Å². The number of hydrogen-bond acceptors (Lipinski definition) is 4. The van der Waals surface area contributed by atoms with Gasteiger partial charge < -0.3 is 15.2 Å². The van der Waals surface area contributed by atoms with Crippen LogP contribution in [0.5, 0.6) is 0 Å². The van der Waals surface area contributed by atoms with Gasteiger partial charge in [-0.15, -0.1) is 0 Å². The molecule has 4 nitrogen and oxygen atoms in total. The maximum atomic E-state index is 8.73. The average molecular weight is 242 g/mol. The Bertz CT molecular complexity index is 244. The molecule has 0 rings (SSSR count). The van der Waals surface area contributed by atoms with Gasteiger partial charge in [0.25, 0.3) is 0 Å². The molecule has 0 saturated carbocycles. The van der Waals surface area contributed by atoms with Crippen LogP contribution < -0.4 is 5.73 Å². The SMILES string of the molecule is COC(C)(C)CCOCCCCC(C)(N)C#N. The van der Waals surface area contributed by atoms with Crippen molar-refractivity contribution in [3.63, 3.8) is 0 Å². The lowest BCUT2D eigenvalue weighted by molar-refractivity contribution is -0.0102. The molecule has 1 atom stereocenters. The highest BCUT2D eigenvalue weighted by Crippen LogP contribution is 2.13. The maximum absolute atomic E-state index is 8.73. The molecule has 0 aliphatic heterocycles. The van der Waals surface area contributed by atoms with Crippen molar-refractivity contribution in [2.24, 2.45) is 5.73 Å². The molecular weight excluding hydrogens is 216 g/mol. The van der Waals surface area contributed by atoms with Crippen molar-refractivity contribution < 1.29 is 9.47 Å². The highest BCUT2D eigenvalue weighted by Gasteiger charge is 2.16. The topological polar surface area (TPSA) is 68.3 Å². The summed E-state index contributed by atoms with van der Waals surface area (Å²) >= 11 is 0. The van der Waals surface area contributed by atoms with Gasteiger partial charge in [0.2, 0.25) is 0 Å². The second-order valence-corrected chi connectivity index (χ2v) is 5.31. The molecule has 0 aromatic heterocycles. The Labute approximate surface area is 105 Å². The van der Waals surface area contributed by atoms with Gasteiger partial charge in [-0.25, -0.2) is 0 Å². The summed E-state index contributed by atoms with van der Waals surface area (Å²) in [6.45, 7) is 7.28. The van der Waals surface area contributed by atoms with Crippen LogP contribution in [-0.4, -0.2) is 31.5 Å². The largest absolute Gasteiger partial charge is 0.381 e. The van der Waals surface area contributed by atoms with Crippen LogP contribution in [0.2, 0.25) is 0 Å². The van der Waals surface area contributed by atoms with Gasteiger partial charge in [0.1, 0.15) is 5.54 Å². The number of hydrogen-bond donors (Lipinski definition) is 1. The third-order valence-corrected chi connectivity index (χ3v) is 2.89. The minimum Gasteiger partial charge on any atom is -0.381 e. The molecule has 2 N–H and O–H groups in total. The fourth-order valence-corrected chi connectivity index (χ4v) is 1.27. The summed E-state index contributed by atoms with van der Waals surface area (Å²) in [5.74, 6) is 0. The summed E-state index contributed by atoms with van der Waals surface area (Å²) in [6.07, 6.45) is 3.48. The zero-order valence-electron chi connectivity index (χ0n) is 11.6. The second kappa shape index (κ2) is 7.65. The number of unbranched alkanes of at least 4 members (excludes halogenated alkanes) is 1.